The first kappa shape index (κ1) is 6.90. The number of ether oxygens (including phenoxy) is 1. The summed E-state index contributed by atoms with van der Waals surface area (Å²) in [5.74, 6) is 1.26. The maximum absolute atomic E-state index is 5.65. The first-order valence-corrected chi connectivity index (χ1v) is 3.45. The van der Waals surface area contributed by atoms with Gasteiger partial charge in [0.1, 0.15) is 12.1 Å². The van der Waals surface area contributed by atoms with Crippen molar-refractivity contribution < 1.29 is 4.74 Å². The van der Waals surface area contributed by atoms with Gasteiger partial charge >= 0.3 is 0 Å². The molecule has 2 aromatic heterocycles. The van der Waals surface area contributed by atoms with E-state index in [2.05, 4.69) is 10.2 Å². The van der Waals surface area contributed by atoms with Gasteiger partial charge in [-0.05, 0) is 12.1 Å². The second kappa shape index (κ2) is 2.37. The molecule has 0 radical (unpaired) electrons. The van der Waals surface area contributed by atoms with E-state index in [0.29, 0.717) is 17.2 Å². The smallest absolute Gasteiger partial charge is 0.204 e. The van der Waals surface area contributed by atoms with Crippen LogP contribution >= 0.6 is 0 Å². The highest BCUT2D eigenvalue weighted by Gasteiger charge is 2.04. The maximum Gasteiger partial charge on any atom is 0.204 e. The molecule has 5 heteroatoms. The summed E-state index contributed by atoms with van der Waals surface area (Å²) in [7, 11) is 1.58. The van der Waals surface area contributed by atoms with Crippen molar-refractivity contribution in [2.75, 3.05) is 12.8 Å². The molecule has 0 atom stereocenters. The summed E-state index contributed by atoms with van der Waals surface area (Å²) in [4.78, 5) is 0. The zero-order valence-corrected chi connectivity index (χ0v) is 6.56. The van der Waals surface area contributed by atoms with Crippen molar-refractivity contribution in [3.63, 3.8) is 0 Å². The molecule has 0 saturated carbocycles. The minimum atomic E-state index is 0.593. The lowest BCUT2D eigenvalue weighted by Crippen LogP contribution is -1.97. The van der Waals surface area contributed by atoms with E-state index in [1.807, 2.05) is 0 Å². The van der Waals surface area contributed by atoms with E-state index in [1.54, 1.807) is 30.0 Å². The Hall–Kier alpha value is -1.78. The lowest BCUT2D eigenvalue weighted by molar-refractivity contribution is 0.417. The fraction of sp³-hybridized carbons (Fsp3) is 0.143. The number of hydrogen-bond donors (Lipinski definition) is 1. The molecule has 5 nitrogen and oxygen atoms in total. The van der Waals surface area contributed by atoms with Gasteiger partial charge in [-0.1, -0.05) is 0 Å². The molecule has 0 aliphatic heterocycles. The molecule has 0 spiro atoms. The number of methoxy groups -OCH3 is 1. The van der Waals surface area contributed by atoms with E-state index in [0.717, 1.165) is 0 Å². The van der Waals surface area contributed by atoms with Gasteiger partial charge in [-0.25, -0.2) is 0 Å². The Morgan fingerprint density at radius 1 is 1.50 bits per heavy atom. The van der Waals surface area contributed by atoms with Crippen LogP contribution in [0.3, 0.4) is 0 Å². The molecule has 0 bridgehead atoms. The Morgan fingerprint density at radius 3 is 3.08 bits per heavy atom. The zero-order chi connectivity index (χ0) is 8.55. The molecule has 0 aliphatic rings. The van der Waals surface area contributed by atoms with Crippen LogP contribution in [0.25, 0.3) is 5.65 Å². The largest absolute Gasteiger partial charge is 0.493 e. The average Bonchev–Trinajstić information content (AvgIpc) is 2.54. The van der Waals surface area contributed by atoms with Crippen LogP contribution in [-0.2, 0) is 0 Å². The van der Waals surface area contributed by atoms with Gasteiger partial charge in [-0.2, -0.15) is 0 Å². The van der Waals surface area contributed by atoms with Crippen LogP contribution in [0.15, 0.2) is 18.5 Å². The SMILES string of the molecule is COc1ccc(N)n2cnnc12. The number of hydrogen-bond acceptors (Lipinski definition) is 4. The highest BCUT2D eigenvalue weighted by atomic mass is 16.5. The highest BCUT2D eigenvalue weighted by molar-refractivity contribution is 5.57. The van der Waals surface area contributed by atoms with E-state index >= 15 is 0 Å². The van der Waals surface area contributed by atoms with Crippen LogP contribution < -0.4 is 10.5 Å². The Bertz CT molecular complexity index is 409. The molecule has 2 rings (SSSR count). The summed E-state index contributed by atoms with van der Waals surface area (Å²) in [6.45, 7) is 0. The van der Waals surface area contributed by atoms with E-state index < -0.39 is 0 Å². The molecule has 0 unspecified atom stereocenters. The van der Waals surface area contributed by atoms with Crippen LogP contribution in [-0.4, -0.2) is 21.7 Å². The summed E-state index contributed by atoms with van der Waals surface area (Å²) < 4.78 is 6.73. The third kappa shape index (κ3) is 0.795. The normalized spacial score (nSPS) is 10.4. The second-order valence-corrected chi connectivity index (χ2v) is 2.35. The van der Waals surface area contributed by atoms with E-state index in [9.17, 15) is 0 Å². The van der Waals surface area contributed by atoms with Crippen molar-refractivity contribution in [1.82, 2.24) is 14.6 Å². The Labute approximate surface area is 68.8 Å². The predicted molar refractivity (Wildman–Crippen MR) is 44.0 cm³/mol. The lowest BCUT2D eigenvalue weighted by atomic mass is 10.4. The number of nitrogens with zero attached hydrogens (tertiary/aromatic N) is 3. The number of pyridine rings is 1. The summed E-state index contributed by atoms with van der Waals surface area (Å²) >= 11 is 0. The van der Waals surface area contributed by atoms with Crippen LogP contribution in [0.5, 0.6) is 5.75 Å². The Balaban J connectivity index is 2.82. The first-order valence-electron chi connectivity index (χ1n) is 3.45. The highest BCUT2D eigenvalue weighted by Crippen LogP contribution is 2.19. The predicted octanol–water partition coefficient (Wildman–Crippen LogP) is 0.320. The van der Waals surface area contributed by atoms with Gasteiger partial charge in [0.2, 0.25) is 5.65 Å². The van der Waals surface area contributed by atoms with E-state index in [4.69, 9.17) is 10.5 Å². The topological polar surface area (TPSA) is 65.4 Å². The van der Waals surface area contributed by atoms with Crippen molar-refractivity contribution >= 4 is 11.5 Å². The van der Waals surface area contributed by atoms with Crippen LogP contribution in [0.2, 0.25) is 0 Å². The second-order valence-electron chi connectivity index (χ2n) is 2.35. The fourth-order valence-corrected chi connectivity index (χ4v) is 1.07. The molecular weight excluding hydrogens is 156 g/mol. The standard InChI is InChI=1S/C7H8N4O/c1-12-5-2-3-6(8)11-4-9-10-7(5)11/h2-4H,8H2,1H3. The van der Waals surface area contributed by atoms with Gasteiger partial charge < -0.3 is 10.5 Å². The minimum absolute atomic E-state index is 0.593. The van der Waals surface area contributed by atoms with Gasteiger partial charge in [-0.15, -0.1) is 10.2 Å². The quantitative estimate of drug-likeness (QED) is 0.659. The average molecular weight is 164 g/mol. The molecule has 2 aromatic rings. The molecule has 0 aromatic carbocycles. The van der Waals surface area contributed by atoms with Gasteiger partial charge in [0.05, 0.1) is 7.11 Å². The summed E-state index contributed by atoms with van der Waals surface area (Å²) in [6, 6.07) is 3.51. The van der Waals surface area contributed by atoms with Crippen LogP contribution in [0, 0.1) is 0 Å². The summed E-state index contributed by atoms with van der Waals surface area (Å²) in [5, 5.41) is 7.58. The third-order valence-corrected chi connectivity index (χ3v) is 1.67. The van der Waals surface area contributed by atoms with Crippen molar-refractivity contribution in [2.45, 2.75) is 0 Å². The van der Waals surface area contributed by atoms with Crippen molar-refractivity contribution in [1.29, 1.82) is 0 Å². The minimum Gasteiger partial charge on any atom is -0.493 e. The molecule has 0 amide bonds. The van der Waals surface area contributed by atoms with Crippen LogP contribution in [0.1, 0.15) is 0 Å². The molecule has 0 fully saturated rings. The van der Waals surface area contributed by atoms with Gasteiger partial charge in [0.25, 0.3) is 0 Å². The molecule has 12 heavy (non-hydrogen) atoms. The fourth-order valence-electron chi connectivity index (χ4n) is 1.07. The Morgan fingerprint density at radius 2 is 2.33 bits per heavy atom. The van der Waals surface area contributed by atoms with Gasteiger partial charge in [0, 0.05) is 0 Å². The molecule has 2 N–H and O–H groups in total. The van der Waals surface area contributed by atoms with Crippen molar-refractivity contribution in [3.8, 4) is 5.75 Å². The zero-order valence-electron chi connectivity index (χ0n) is 6.56. The number of fused-ring (bicyclic) bond motifs is 1. The van der Waals surface area contributed by atoms with Crippen LogP contribution in [0.4, 0.5) is 5.82 Å². The lowest BCUT2D eigenvalue weighted by Gasteiger charge is -2.02. The molecule has 2 heterocycles. The number of anilines is 1. The molecule has 62 valence electrons. The number of nitrogens with two attached hydrogens (primary N) is 1. The summed E-state index contributed by atoms with van der Waals surface area (Å²) in [6.07, 6.45) is 1.55. The number of rotatable bonds is 1. The number of aromatic nitrogens is 3. The van der Waals surface area contributed by atoms with Crippen molar-refractivity contribution in [3.05, 3.63) is 18.5 Å². The Kier molecular flexibility index (Phi) is 1.36. The summed E-state index contributed by atoms with van der Waals surface area (Å²) in [5.41, 5.74) is 6.29. The maximum atomic E-state index is 5.65. The van der Waals surface area contributed by atoms with Gasteiger partial charge in [-0.3, -0.25) is 4.40 Å². The van der Waals surface area contributed by atoms with E-state index in [-0.39, 0.29) is 0 Å². The third-order valence-electron chi connectivity index (χ3n) is 1.67. The first-order chi connectivity index (χ1) is 5.83. The molecular formula is C7H8N4O. The van der Waals surface area contributed by atoms with Gasteiger partial charge in [0.15, 0.2) is 5.75 Å². The van der Waals surface area contributed by atoms with Crippen molar-refractivity contribution in [2.24, 2.45) is 0 Å². The monoisotopic (exact) mass is 164 g/mol. The molecule has 0 saturated heterocycles. The van der Waals surface area contributed by atoms with E-state index in [1.165, 1.54) is 0 Å². The number of nitrogen functional groups attached to an aromatic ring is 1. The molecule has 0 aliphatic carbocycles.